The van der Waals surface area contributed by atoms with E-state index in [0.717, 1.165) is 25.0 Å². The summed E-state index contributed by atoms with van der Waals surface area (Å²) in [5.41, 5.74) is -1.21. The molecule has 1 heterocycles. The lowest BCUT2D eigenvalue weighted by Crippen LogP contribution is -2.39. The van der Waals surface area contributed by atoms with Crippen LogP contribution in [0.1, 0.15) is 54.0 Å². The molecule has 1 saturated heterocycles. The van der Waals surface area contributed by atoms with Gasteiger partial charge in [0, 0.05) is 19.6 Å². The number of rotatable bonds is 7. The summed E-state index contributed by atoms with van der Waals surface area (Å²) in [7, 11) is 0. The average Bonchev–Trinajstić information content (AvgIpc) is 3.59. The van der Waals surface area contributed by atoms with E-state index in [9.17, 15) is 31.1 Å². The van der Waals surface area contributed by atoms with Crippen LogP contribution >= 0.6 is 0 Å². The van der Waals surface area contributed by atoms with Crippen LogP contribution in [0.4, 0.5) is 26.3 Å². The monoisotopic (exact) mass is 524 g/mol. The van der Waals surface area contributed by atoms with Crippen LogP contribution in [-0.2, 0) is 17.5 Å². The number of nitrogens with one attached hydrogen (secondary N) is 3. The van der Waals surface area contributed by atoms with Gasteiger partial charge in [0.1, 0.15) is 11.4 Å². The molecule has 0 aromatic heterocycles. The minimum absolute atomic E-state index is 0.0411. The number of amides is 1. The summed E-state index contributed by atoms with van der Waals surface area (Å²) in [6.45, 7) is 2.01. The molecule has 0 spiro atoms. The molecule has 5 nitrogen and oxygen atoms in total. The van der Waals surface area contributed by atoms with Crippen LogP contribution in [0, 0.1) is 5.41 Å². The number of carbonyl (C=O) groups is 1. The fraction of sp³-hybridized carbons (Fsp3) is 0.385. The molecule has 198 valence electrons. The van der Waals surface area contributed by atoms with E-state index in [4.69, 9.17) is 5.41 Å². The van der Waals surface area contributed by atoms with E-state index < -0.39 is 41.1 Å². The first-order chi connectivity index (χ1) is 17.3. The van der Waals surface area contributed by atoms with E-state index in [-0.39, 0.29) is 25.5 Å². The van der Waals surface area contributed by atoms with Gasteiger partial charge >= 0.3 is 12.4 Å². The zero-order valence-electron chi connectivity index (χ0n) is 19.9. The first-order valence-electron chi connectivity index (χ1n) is 11.8. The molecule has 1 unspecified atom stereocenters. The van der Waals surface area contributed by atoms with Gasteiger partial charge in [0.05, 0.1) is 11.6 Å². The highest BCUT2D eigenvalue weighted by Gasteiger charge is 2.42. The zero-order valence-corrected chi connectivity index (χ0v) is 19.9. The van der Waals surface area contributed by atoms with Gasteiger partial charge in [-0.2, -0.15) is 26.3 Å². The van der Waals surface area contributed by atoms with Gasteiger partial charge in [-0.05, 0) is 54.5 Å². The van der Waals surface area contributed by atoms with Crippen molar-refractivity contribution in [2.45, 2.75) is 50.6 Å². The van der Waals surface area contributed by atoms with Gasteiger partial charge in [-0.3, -0.25) is 10.2 Å². The van der Waals surface area contributed by atoms with Gasteiger partial charge in [-0.15, -0.1) is 0 Å². The third-order valence-electron chi connectivity index (χ3n) is 6.48. The molecular weight excluding hydrogens is 498 g/mol. The van der Waals surface area contributed by atoms with Crippen LogP contribution in [0.3, 0.4) is 0 Å². The van der Waals surface area contributed by atoms with Crippen molar-refractivity contribution in [3.63, 3.8) is 0 Å². The maximum absolute atomic E-state index is 13.6. The van der Waals surface area contributed by atoms with Crippen molar-refractivity contribution in [2.24, 2.45) is 0 Å². The first-order valence-corrected chi connectivity index (χ1v) is 11.8. The summed E-state index contributed by atoms with van der Waals surface area (Å²) in [6.07, 6.45) is -7.35. The maximum atomic E-state index is 13.6. The minimum atomic E-state index is -5.08. The lowest BCUT2D eigenvalue weighted by molar-refractivity contribution is -0.137. The van der Waals surface area contributed by atoms with E-state index in [1.54, 1.807) is 6.92 Å². The van der Waals surface area contributed by atoms with Gasteiger partial charge in [0.15, 0.2) is 5.71 Å². The van der Waals surface area contributed by atoms with Gasteiger partial charge in [0.2, 0.25) is 0 Å². The number of hydrogen-bond donors (Lipinski definition) is 3. The normalized spacial score (nSPS) is 18.3. The van der Waals surface area contributed by atoms with Crippen molar-refractivity contribution in [1.82, 2.24) is 15.5 Å². The summed E-state index contributed by atoms with van der Waals surface area (Å²) in [5.74, 6) is -0.717. The van der Waals surface area contributed by atoms with Crippen molar-refractivity contribution >= 4 is 11.6 Å². The Hall–Kier alpha value is -3.50. The van der Waals surface area contributed by atoms with Gasteiger partial charge in [-0.1, -0.05) is 36.4 Å². The van der Waals surface area contributed by atoms with E-state index in [1.165, 1.54) is 22.6 Å². The highest BCUT2D eigenvalue weighted by Crippen LogP contribution is 2.40. The summed E-state index contributed by atoms with van der Waals surface area (Å²) >= 11 is 0. The number of hydrogen-bond acceptors (Lipinski definition) is 4. The summed E-state index contributed by atoms with van der Waals surface area (Å²) in [5, 5.41) is 13.1. The largest absolute Gasteiger partial charge is 0.433 e. The predicted molar refractivity (Wildman–Crippen MR) is 126 cm³/mol. The van der Waals surface area contributed by atoms with Gasteiger partial charge in [0.25, 0.3) is 5.91 Å². The molecule has 3 N–H and O–H groups in total. The van der Waals surface area contributed by atoms with Crippen LogP contribution in [0.5, 0.6) is 0 Å². The van der Waals surface area contributed by atoms with Gasteiger partial charge in [-0.25, -0.2) is 0 Å². The molecule has 0 bridgehead atoms. The molecule has 0 radical (unpaired) electrons. The highest BCUT2D eigenvalue weighted by atomic mass is 19.4. The Morgan fingerprint density at radius 1 is 1.05 bits per heavy atom. The summed E-state index contributed by atoms with van der Waals surface area (Å²) in [4.78, 5) is 14.6. The SMILES string of the molecule is CC(NC(=O)/C(C(=N)C(F)(F)F)=C1/NCCN1Cc1ccc(C(F)(F)F)cc1)c1ccc(C2CC2)cc1. The van der Waals surface area contributed by atoms with E-state index in [1.807, 2.05) is 24.3 Å². The van der Waals surface area contributed by atoms with E-state index >= 15 is 0 Å². The number of halogens is 6. The Kier molecular flexibility index (Phi) is 7.25. The molecule has 4 rings (SSSR count). The van der Waals surface area contributed by atoms with Crippen molar-refractivity contribution in [2.75, 3.05) is 13.1 Å². The van der Waals surface area contributed by atoms with E-state index in [2.05, 4.69) is 10.6 Å². The fourth-order valence-electron chi connectivity index (χ4n) is 4.26. The summed E-state index contributed by atoms with van der Waals surface area (Å²) in [6, 6.07) is 11.2. The van der Waals surface area contributed by atoms with E-state index in [0.29, 0.717) is 17.0 Å². The molecule has 1 atom stereocenters. The smallest absolute Gasteiger partial charge is 0.369 e. The average molecular weight is 525 g/mol. The zero-order chi connectivity index (χ0) is 27.0. The second kappa shape index (κ2) is 10.1. The molecule has 2 aromatic rings. The minimum Gasteiger partial charge on any atom is -0.369 e. The third kappa shape index (κ3) is 6.26. The van der Waals surface area contributed by atoms with Crippen molar-refractivity contribution < 1.29 is 31.1 Å². The lowest BCUT2D eigenvalue weighted by atomic mass is 10.0. The van der Waals surface area contributed by atoms with Crippen LogP contribution in [0.2, 0.25) is 0 Å². The molecule has 1 aliphatic carbocycles. The van der Waals surface area contributed by atoms with Gasteiger partial charge < -0.3 is 15.5 Å². The molecule has 2 aromatic carbocycles. The molecule has 37 heavy (non-hydrogen) atoms. The molecule has 11 heteroatoms. The molecule has 2 fully saturated rings. The molecular formula is C26H26F6N4O. The van der Waals surface area contributed by atoms with Crippen LogP contribution in [-0.4, -0.2) is 35.8 Å². The molecule has 1 aliphatic heterocycles. The Morgan fingerprint density at radius 2 is 1.68 bits per heavy atom. The number of carbonyl (C=O) groups excluding carboxylic acids is 1. The third-order valence-corrected chi connectivity index (χ3v) is 6.48. The fourth-order valence-corrected chi connectivity index (χ4v) is 4.26. The Bertz CT molecular complexity index is 1180. The van der Waals surface area contributed by atoms with Crippen molar-refractivity contribution in [1.29, 1.82) is 5.41 Å². The quantitative estimate of drug-likeness (QED) is 0.249. The Labute approximate surface area is 210 Å². The number of nitrogens with zero attached hydrogens (tertiary/aromatic N) is 1. The molecule has 1 saturated carbocycles. The summed E-state index contributed by atoms with van der Waals surface area (Å²) < 4.78 is 79.4. The Morgan fingerprint density at radius 3 is 2.22 bits per heavy atom. The maximum Gasteiger partial charge on any atom is 0.433 e. The topological polar surface area (TPSA) is 68.2 Å². The number of benzene rings is 2. The second-order valence-electron chi connectivity index (χ2n) is 9.28. The highest BCUT2D eigenvalue weighted by molar-refractivity contribution is 6.23. The molecule has 2 aliphatic rings. The number of alkyl halides is 6. The van der Waals surface area contributed by atoms with Crippen molar-refractivity contribution in [3.8, 4) is 0 Å². The first kappa shape index (κ1) is 26.6. The second-order valence-corrected chi connectivity index (χ2v) is 9.28. The van der Waals surface area contributed by atoms with Crippen LogP contribution in [0.15, 0.2) is 59.9 Å². The predicted octanol–water partition coefficient (Wildman–Crippen LogP) is 5.66. The Balaban J connectivity index is 1.58. The standard InChI is InChI=1S/C26H26F6N4O/c1-15(17-4-6-18(7-5-17)19-8-9-19)35-24(37)21(22(33)26(30,31)32)23-34-12-13-36(23)14-16-2-10-20(11-3-16)25(27,28)29/h2-7,10-11,15,19,33-34H,8-9,12-14H2,1H3,(H,35,37)/b23-21-,33-22?. The van der Waals surface area contributed by atoms with Crippen LogP contribution in [0.25, 0.3) is 0 Å². The van der Waals surface area contributed by atoms with Crippen LogP contribution < -0.4 is 10.6 Å². The van der Waals surface area contributed by atoms with Crippen molar-refractivity contribution in [3.05, 3.63) is 82.2 Å². The molecule has 1 amide bonds. The lowest BCUT2D eigenvalue weighted by Gasteiger charge is -2.24.